The van der Waals surface area contributed by atoms with Crippen LogP contribution in [0.15, 0.2) is 18.2 Å². The number of carbonyl (C=O) groups excluding carboxylic acids is 1. The molecule has 1 rings (SSSR count). The second-order valence-corrected chi connectivity index (χ2v) is 5.45. The van der Waals surface area contributed by atoms with Crippen molar-refractivity contribution in [3.8, 4) is 0 Å². The van der Waals surface area contributed by atoms with Crippen molar-refractivity contribution >= 4 is 17.3 Å². The molecule has 0 saturated carbocycles. The number of hydrogen-bond donors (Lipinski definition) is 2. The molecule has 1 aromatic carbocycles. The summed E-state index contributed by atoms with van der Waals surface area (Å²) in [5.41, 5.74) is -4.74. The van der Waals surface area contributed by atoms with Crippen molar-refractivity contribution in [1.29, 1.82) is 0 Å². The Kier molecular flexibility index (Phi) is 5.33. The Morgan fingerprint density at radius 1 is 1.39 bits per heavy atom. The summed E-state index contributed by atoms with van der Waals surface area (Å²) in [6, 6.07) is 2.08. The number of nitro groups is 1. The molecule has 1 aromatic rings. The molecule has 0 heterocycles. The van der Waals surface area contributed by atoms with Crippen molar-refractivity contribution in [3.05, 3.63) is 33.9 Å². The SMILES string of the molecule is CN([11CH3])CC(C)(O)C(=O)Nc1ccc([N+](=O)[O-])c(C(F)(F)F)c1. The van der Waals surface area contributed by atoms with E-state index < -0.39 is 33.9 Å². The third-order valence-electron chi connectivity index (χ3n) is 2.87. The molecule has 0 aliphatic rings. The van der Waals surface area contributed by atoms with E-state index in [9.17, 15) is 33.2 Å². The van der Waals surface area contributed by atoms with Gasteiger partial charge in [-0.2, -0.15) is 13.2 Å². The second-order valence-electron chi connectivity index (χ2n) is 5.45. The molecule has 0 spiro atoms. The van der Waals surface area contributed by atoms with Crippen LogP contribution < -0.4 is 5.32 Å². The number of carbonyl (C=O) groups is 1. The molecule has 2 N–H and O–H groups in total. The minimum atomic E-state index is -4.95. The largest absolute Gasteiger partial charge is 0.423 e. The molecular weight excluding hydrogens is 318 g/mol. The maximum Gasteiger partial charge on any atom is 0.423 e. The topological polar surface area (TPSA) is 95.7 Å². The molecule has 0 radical (unpaired) electrons. The van der Waals surface area contributed by atoms with Gasteiger partial charge < -0.3 is 15.3 Å². The molecule has 128 valence electrons. The summed E-state index contributed by atoms with van der Waals surface area (Å²) in [7, 11) is 3.21. The number of likely N-dealkylation sites (N-methyl/N-ethyl adjacent to an activating group) is 1. The van der Waals surface area contributed by atoms with Crippen molar-refractivity contribution in [3.63, 3.8) is 0 Å². The van der Waals surface area contributed by atoms with Crippen molar-refractivity contribution in [2.75, 3.05) is 26.0 Å². The molecule has 1 unspecified atom stereocenters. The number of halogens is 3. The molecule has 0 aliphatic carbocycles. The predicted octanol–water partition coefficient (Wildman–Crippen LogP) is 1.86. The number of aliphatic hydroxyl groups is 1. The molecule has 7 nitrogen and oxygen atoms in total. The molecule has 0 aliphatic heterocycles. The van der Waals surface area contributed by atoms with Gasteiger partial charge in [-0.3, -0.25) is 14.9 Å². The smallest absolute Gasteiger partial charge is 0.379 e. The minimum absolute atomic E-state index is 0.0576. The number of amides is 1. The van der Waals surface area contributed by atoms with Crippen LogP contribution >= 0.6 is 0 Å². The maximum absolute atomic E-state index is 12.9. The number of nitrogens with one attached hydrogen (secondary N) is 1. The molecule has 0 fully saturated rings. The van der Waals surface area contributed by atoms with Gasteiger partial charge in [0.1, 0.15) is 5.56 Å². The zero-order valence-electron chi connectivity index (χ0n) is 12.6. The first kappa shape index (κ1) is 18.8. The fourth-order valence-corrected chi connectivity index (χ4v) is 1.95. The van der Waals surface area contributed by atoms with Crippen LogP contribution in [0, 0.1) is 10.1 Å². The van der Waals surface area contributed by atoms with Crippen LogP contribution in [0.3, 0.4) is 0 Å². The van der Waals surface area contributed by atoms with Gasteiger partial charge in [0.05, 0.1) is 4.92 Å². The molecule has 1 amide bonds. The van der Waals surface area contributed by atoms with Gasteiger partial charge in [-0.1, -0.05) is 0 Å². The van der Waals surface area contributed by atoms with Crippen molar-refractivity contribution in [1.82, 2.24) is 4.90 Å². The van der Waals surface area contributed by atoms with Crippen LogP contribution in [0.4, 0.5) is 24.5 Å². The molecule has 1 atom stereocenters. The summed E-state index contributed by atoms with van der Waals surface area (Å²) in [5, 5.41) is 22.8. The fourth-order valence-electron chi connectivity index (χ4n) is 1.95. The average Bonchev–Trinajstić information content (AvgIpc) is 2.35. The molecule has 23 heavy (non-hydrogen) atoms. The number of rotatable bonds is 5. The van der Waals surface area contributed by atoms with Crippen LogP contribution in [0.2, 0.25) is 0 Å². The van der Waals surface area contributed by atoms with E-state index >= 15 is 0 Å². The van der Waals surface area contributed by atoms with Crippen molar-refractivity contribution in [2.45, 2.75) is 18.7 Å². The Morgan fingerprint density at radius 2 is 1.96 bits per heavy atom. The third-order valence-corrected chi connectivity index (χ3v) is 2.87. The Hall–Kier alpha value is -2.20. The lowest BCUT2D eigenvalue weighted by Gasteiger charge is -2.25. The quantitative estimate of drug-likeness (QED) is 0.633. The number of nitrogens with zero attached hydrogens (tertiary/aromatic N) is 2. The predicted molar refractivity (Wildman–Crippen MR) is 75.9 cm³/mol. The van der Waals surface area contributed by atoms with Gasteiger partial charge in [0, 0.05) is 18.3 Å². The van der Waals surface area contributed by atoms with Gasteiger partial charge >= 0.3 is 6.18 Å². The van der Waals surface area contributed by atoms with Crippen LogP contribution in [-0.4, -0.2) is 47.1 Å². The van der Waals surface area contributed by atoms with Crippen molar-refractivity contribution in [2.24, 2.45) is 0 Å². The number of alkyl halides is 3. The number of nitro benzene ring substituents is 1. The zero-order chi connectivity index (χ0) is 18.0. The normalized spacial score (nSPS) is 14.4. The Morgan fingerprint density at radius 3 is 2.39 bits per heavy atom. The van der Waals surface area contributed by atoms with Crippen LogP contribution in [0.1, 0.15) is 12.5 Å². The van der Waals surface area contributed by atoms with E-state index in [1.54, 1.807) is 14.1 Å². The first-order valence-corrected chi connectivity index (χ1v) is 6.39. The van der Waals surface area contributed by atoms with E-state index in [-0.39, 0.29) is 12.2 Å². The molecule has 0 aromatic heterocycles. The van der Waals surface area contributed by atoms with E-state index in [1.807, 2.05) is 0 Å². The standard InChI is InChI=1S/C13H16F3N3O4/c1-12(21,7-18(2)3)11(20)17-8-4-5-10(19(22)23)9(6-8)13(14,15)16/h4-6,21H,7H2,1-3H3,(H,17,20)/i2-1. The van der Waals surface area contributed by atoms with E-state index in [0.717, 1.165) is 6.07 Å². The van der Waals surface area contributed by atoms with Crippen LogP contribution in [0.5, 0.6) is 0 Å². The zero-order valence-corrected chi connectivity index (χ0v) is 12.6. The van der Waals surface area contributed by atoms with Crippen molar-refractivity contribution < 1.29 is 28.0 Å². The number of benzene rings is 1. The van der Waals surface area contributed by atoms with Gasteiger partial charge in [0.25, 0.3) is 11.6 Å². The molecule has 10 heteroatoms. The average molecular weight is 334 g/mol. The fraction of sp³-hybridized carbons (Fsp3) is 0.462. The van der Waals surface area contributed by atoms with Crippen LogP contribution in [-0.2, 0) is 11.0 Å². The highest BCUT2D eigenvalue weighted by Gasteiger charge is 2.39. The van der Waals surface area contributed by atoms with E-state index in [1.165, 1.54) is 11.8 Å². The summed E-state index contributed by atoms with van der Waals surface area (Å²) in [5.74, 6) is -0.923. The van der Waals surface area contributed by atoms with E-state index in [2.05, 4.69) is 5.32 Å². The van der Waals surface area contributed by atoms with E-state index in [0.29, 0.717) is 12.1 Å². The molecule has 0 bridgehead atoms. The Labute approximate surface area is 129 Å². The third kappa shape index (κ3) is 4.89. The summed E-state index contributed by atoms with van der Waals surface area (Å²) >= 11 is 0. The summed E-state index contributed by atoms with van der Waals surface area (Å²) in [6.07, 6.45) is -4.95. The lowest BCUT2D eigenvalue weighted by Crippen LogP contribution is -2.47. The van der Waals surface area contributed by atoms with Crippen LogP contribution in [0.25, 0.3) is 0 Å². The monoisotopic (exact) mass is 334 g/mol. The Bertz CT molecular complexity index is 615. The Balaban J connectivity index is 3.12. The molecular formula is C13H16F3N3O4. The lowest BCUT2D eigenvalue weighted by atomic mass is 10.0. The summed E-state index contributed by atoms with van der Waals surface area (Å²) in [6.45, 7) is 1.15. The maximum atomic E-state index is 12.9. The highest BCUT2D eigenvalue weighted by molar-refractivity contribution is 5.97. The summed E-state index contributed by atoms with van der Waals surface area (Å²) in [4.78, 5) is 23.0. The highest BCUT2D eigenvalue weighted by Crippen LogP contribution is 2.37. The second kappa shape index (κ2) is 6.50. The lowest BCUT2D eigenvalue weighted by molar-refractivity contribution is -0.388. The van der Waals surface area contributed by atoms with Gasteiger partial charge in [-0.05, 0) is 33.2 Å². The highest BCUT2D eigenvalue weighted by atomic mass is 19.4. The van der Waals surface area contributed by atoms with Gasteiger partial charge in [-0.25, -0.2) is 0 Å². The number of hydrogen-bond acceptors (Lipinski definition) is 5. The van der Waals surface area contributed by atoms with Gasteiger partial charge in [-0.15, -0.1) is 0 Å². The van der Waals surface area contributed by atoms with Gasteiger partial charge in [0.2, 0.25) is 0 Å². The minimum Gasteiger partial charge on any atom is -0.379 e. The molecule has 0 saturated heterocycles. The summed E-state index contributed by atoms with van der Waals surface area (Å²) < 4.78 is 38.6. The number of anilines is 1. The first-order chi connectivity index (χ1) is 10.3. The van der Waals surface area contributed by atoms with E-state index in [4.69, 9.17) is 0 Å². The van der Waals surface area contributed by atoms with Gasteiger partial charge in [0.15, 0.2) is 5.60 Å². The first-order valence-electron chi connectivity index (χ1n) is 6.39.